The molecule has 0 bridgehead atoms. The number of rotatable bonds is 6. The fourth-order valence-electron chi connectivity index (χ4n) is 1.67. The minimum Gasteiger partial charge on any atom is -0.479 e. The van der Waals surface area contributed by atoms with E-state index in [1.807, 2.05) is 0 Å². The Labute approximate surface area is 112 Å². The van der Waals surface area contributed by atoms with Crippen molar-refractivity contribution < 1.29 is 28.6 Å². The summed E-state index contributed by atoms with van der Waals surface area (Å²) in [6.45, 7) is 0. The Morgan fingerprint density at radius 3 is 2.42 bits per heavy atom. The number of aliphatic hydroxyl groups excluding tert-OH is 1. The smallest absolute Gasteiger partial charge is 0.337 e. The highest BCUT2D eigenvalue weighted by Crippen LogP contribution is 2.31. The minimum absolute atomic E-state index is 0.0274. The first kappa shape index (κ1) is 15.5. The highest BCUT2D eigenvalue weighted by molar-refractivity contribution is 6.19. The molecule has 7 heteroatoms. The molecule has 1 atom stereocenters. The van der Waals surface area contributed by atoms with E-state index < -0.39 is 35.4 Å². The van der Waals surface area contributed by atoms with Crippen LogP contribution in [-0.2, 0) is 4.79 Å². The van der Waals surface area contributed by atoms with Gasteiger partial charge in [-0.15, -0.1) is 11.6 Å². The van der Waals surface area contributed by atoms with Crippen molar-refractivity contribution >= 4 is 23.4 Å². The van der Waals surface area contributed by atoms with Gasteiger partial charge in [0.2, 0.25) is 0 Å². The number of aliphatic hydroxyl groups is 1. The van der Waals surface area contributed by atoms with Gasteiger partial charge in [-0.2, -0.15) is 0 Å². The van der Waals surface area contributed by atoms with E-state index >= 15 is 0 Å². The van der Waals surface area contributed by atoms with Gasteiger partial charge in [0, 0.05) is 29.0 Å². The fourth-order valence-corrected chi connectivity index (χ4v) is 1.84. The zero-order valence-corrected chi connectivity index (χ0v) is 10.4. The lowest BCUT2D eigenvalue weighted by molar-refractivity contribution is -0.147. The molecule has 0 heterocycles. The van der Waals surface area contributed by atoms with Crippen molar-refractivity contribution in [3.05, 3.63) is 34.9 Å². The largest absolute Gasteiger partial charge is 0.479 e. The fraction of sp³-hybridized carbons (Fsp3) is 0.333. The molecule has 1 unspecified atom stereocenters. The second-order valence-electron chi connectivity index (χ2n) is 3.71. The summed E-state index contributed by atoms with van der Waals surface area (Å²) in [4.78, 5) is 22.5. The summed E-state index contributed by atoms with van der Waals surface area (Å²) in [5.41, 5.74) is -1.48. The topological polar surface area (TPSA) is 74.6 Å². The average Bonchev–Trinajstić information content (AvgIpc) is 2.36. The molecular weight excluding hydrogens is 282 g/mol. The zero-order valence-electron chi connectivity index (χ0n) is 9.65. The number of carbonyl (C=O) groups is 2. The number of halogens is 3. The van der Waals surface area contributed by atoms with E-state index in [1.165, 1.54) is 12.1 Å². The summed E-state index contributed by atoms with van der Waals surface area (Å²) in [5, 5.41) is 18.3. The number of ketones is 1. The van der Waals surface area contributed by atoms with Gasteiger partial charge in [0.05, 0.1) is 0 Å². The Hall–Kier alpha value is -1.53. The van der Waals surface area contributed by atoms with Gasteiger partial charge in [-0.25, -0.2) is 13.6 Å². The molecule has 0 saturated carbocycles. The number of hydrogen-bond donors (Lipinski definition) is 2. The predicted octanol–water partition coefficient (Wildman–Crippen LogP) is 2.55. The van der Waals surface area contributed by atoms with E-state index in [4.69, 9.17) is 16.7 Å². The van der Waals surface area contributed by atoms with Gasteiger partial charge in [0.25, 0.3) is 6.43 Å². The molecule has 0 spiro atoms. The number of Topliss-reactive ketones (excluding diaryl/α,β-unsaturated/α-hetero) is 1. The Balaban J connectivity index is 3.42. The van der Waals surface area contributed by atoms with Gasteiger partial charge in [0.1, 0.15) is 0 Å². The summed E-state index contributed by atoms with van der Waals surface area (Å²) >= 11 is 5.40. The van der Waals surface area contributed by atoms with Gasteiger partial charge in [-0.05, 0) is 0 Å². The lowest BCUT2D eigenvalue weighted by atomic mass is 9.93. The van der Waals surface area contributed by atoms with Gasteiger partial charge in [0.15, 0.2) is 11.9 Å². The molecule has 0 radical (unpaired) electrons. The summed E-state index contributed by atoms with van der Waals surface area (Å²) in [5.74, 6) is -2.32. The predicted molar refractivity (Wildman–Crippen MR) is 63.7 cm³/mol. The van der Waals surface area contributed by atoms with Gasteiger partial charge >= 0.3 is 5.97 Å². The first-order chi connectivity index (χ1) is 8.90. The standard InChI is InChI=1S/C12H11ClF2O4/c13-5-4-8(16)6-2-1-3-7(11(14)15)9(6)10(17)12(18)19/h1-3,10-11,17H,4-5H2,(H,18,19). The molecule has 0 saturated heterocycles. The van der Waals surface area contributed by atoms with Crippen molar-refractivity contribution in [1.29, 1.82) is 0 Å². The van der Waals surface area contributed by atoms with E-state index in [0.29, 0.717) is 0 Å². The van der Waals surface area contributed by atoms with Crippen molar-refractivity contribution in [3.8, 4) is 0 Å². The molecule has 2 N–H and O–H groups in total. The molecule has 19 heavy (non-hydrogen) atoms. The molecule has 0 amide bonds. The summed E-state index contributed by atoms with van der Waals surface area (Å²) in [6, 6.07) is 3.38. The minimum atomic E-state index is -2.99. The maximum atomic E-state index is 12.8. The van der Waals surface area contributed by atoms with Crippen LogP contribution in [0.4, 0.5) is 8.78 Å². The van der Waals surface area contributed by atoms with Crippen LogP contribution >= 0.6 is 11.6 Å². The van der Waals surface area contributed by atoms with E-state index in [9.17, 15) is 23.5 Å². The molecule has 104 valence electrons. The van der Waals surface area contributed by atoms with Crippen LogP contribution in [0.15, 0.2) is 18.2 Å². The van der Waals surface area contributed by atoms with E-state index in [-0.39, 0.29) is 17.9 Å². The summed E-state index contributed by atoms with van der Waals surface area (Å²) < 4.78 is 25.7. The maximum absolute atomic E-state index is 12.8. The molecule has 0 aliphatic rings. The third kappa shape index (κ3) is 3.48. The normalized spacial score (nSPS) is 12.5. The van der Waals surface area contributed by atoms with E-state index in [1.54, 1.807) is 0 Å². The molecule has 0 fully saturated rings. The average molecular weight is 293 g/mol. The number of hydrogen-bond acceptors (Lipinski definition) is 3. The van der Waals surface area contributed by atoms with Crippen LogP contribution in [0.1, 0.15) is 40.4 Å². The lowest BCUT2D eigenvalue weighted by Crippen LogP contribution is -2.18. The van der Waals surface area contributed by atoms with Crippen LogP contribution in [0.25, 0.3) is 0 Å². The van der Waals surface area contributed by atoms with Crippen molar-refractivity contribution in [2.45, 2.75) is 19.0 Å². The lowest BCUT2D eigenvalue weighted by Gasteiger charge is -2.16. The maximum Gasteiger partial charge on any atom is 0.337 e. The van der Waals surface area contributed by atoms with Crippen molar-refractivity contribution in [2.75, 3.05) is 5.88 Å². The van der Waals surface area contributed by atoms with Crippen LogP contribution in [-0.4, -0.2) is 27.8 Å². The summed E-state index contributed by atoms with van der Waals surface area (Å²) in [7, 11) is 0. The van der Waals surface area contributed by atoms with Crippen LogP contribution in [0.3, 0.4) is 0 Å². The Morgan fingerprint density at radius 2 is 1.95 bits per heavy atom. The first-order valence-electron chi connectivity index (χ1n) is 5.31. The molecule has 0 aliphatic carbocycles. The van der Waals surface area contributed by atoms with Crippen LogP contribution in [0, 0.1) is 0 Å². The number of carboxylic acid groups (broad SMARTS) is 1. The monoisotopic (exact) mass is 292 g/mol. The SMILES string of the molecule is O=C(CCCl)c1cccc(C(F)F)c1C(O)C(=O)O. The Morgan fingerprint density at radius 1 is 1.32 bits per heavy atom. The second-order valence-corrected chi connectivity index (χ2v) is 4.09. The first-order valence-corrected chi connectivity index (χ1v) is 5.84. The van der Waals surface area contributed by atoms with E-state index in [0.717, 1.165) is 6.07 Å². The number of benzene rings is 1. The van der Waals surface area contributed by atoms with Crippen molar-refractivity contribution in [3.63, 3.8) is 0 Å². The number of carboxylic acids is 1. The third-order valence-electron chi connectivity index (χ3n) is 2.50. The van der Waals surface area contributed by atoms with Gasteiger partial charge in [-0.1, -0.05) is 18.2 Å². The zero-order chi connectivity index (χ0) is 14.6. The van der Waals surface area contributed by atoms with Crippen LogP contribution in [0.2, 0.25) is 0 Å². The number of aliphatic carboxylic acids is 1. The van der Waals surface area contributed by atoms with Crippen molar-refractivity contribution in [1.82, 2.24) is 0 Å². The molecule has 0 aromatic heterocycles. The number of carbonyl (C=O) groups excluding carboxylic acids is 1. The Bertz CT molecular complexity index is 491. The molecule has 4 nitrogen and oxygen atoms in total. The number of alkyl halides is 3. The van der Waals surface area contributed by atoms with Crippen LogP contribution < -0.4 is 0 Å². The molecule has 1 rings (SSSR count). The quantitative estimate of drug-likeness (QED) is 0.624. The second kappa shape index (κ2) is 6.58. The van der Waals surface area contributed by atoms with Crippen LogP contribution in [0.5, 0.6) is 0 Å². The highest BCUT2D eigenvalue weighted by atomic mass is 35.5. The van der Waals surface area contributed by atoms with E-state index in [2.05, 4.69) is 0 Å². The third-order valence-corrected chi connectivity index (χ3v) is 2.69. The van der Waals surface area contributed by atoms with Gasteiger partial charge < -0.3 is 10.2 Å². The van der Waals surface area contributed by atoms with Crippen molar-refractivity contribution in [2.24, 2.45) is 0 Å². The van der Waals surface area contributed by atoms with Gasteiger partial charge in [-0.3, -0.25) is 4.79 Å². The summed E-state index contributed by atoms with van der Waals surface area (Å²) in [6.07, 6.45) is -5.31. The Kier molecular flexibility index (Phi) is 5.38. The molecular formula is C12H11ClF2O4. The highest BCUT2D eigenvalue weighted by Gasteiger charge is 2.28. The molecule has 0 aliphatic heterocycles. The molecule has 1 aromatic carbocycles. The molecule has 1 aromatic rings.